The van der Waals surface area contributed by atoms with Gasteiger partial charge in [0.15, 0.2) is 0 Å². The second kappa shape index (κ2) is 16.6. The van der Waals surface area contributed by atoms with Gasteiger partial charge in [0.05, 0.1) is 6.61 Å². The minimum atomic E-state index is -0.132. The van der Waals surface area contributed by atoms with Gasteiger partial charge >= 0.3 is 5.97 Å². The molecule has 0 aromatic carbocycles. The molecule has 0 saturated heterocycles. The van der Waals surface area contributed by atoms with E-state index in [0.29, 0.717) is 6.61 Å². The summed E-state index contributed by atoms with van der Waals surface area (Å²) in [5.74, 6) is -0.132. The molecule has 0 aliphatic heterocycles. The van der Waals surface area contributed by atoms with Crippen molar-refractivity contribution in [3.05, 3.63) is 11.6 Å². The number of carbonyl (C=O) groups is 1. The van der Waals surface area contributed by atoms with E-state index in [-0.39, 0.29) is 5.97 Å². The van der Waals surface area contributed by atoms with E-state index >= 15 is 0 Å². The smallest absolute Gasteiger partial charge is 0.333 e. The van der Waals surface area contributed by atoms with Crippen LogP contribution in [0.2, 0.25) is 0 Å². The number of esters is 1. The van der Waals surface area contributed by atoms with Crippen LogP contribution < -0.4 is 0 Å². The summed E-state index contributed by atoms with van der Waals surface area (Å²) in [4.78, 5) is 11.7. The predicted octanol–water partition coefficient (Wildman–Crippen LogP) is 6.59. The largest absolute Gasteiger partial charge is 0.462 e. The number of ether oxygens (including phenoxy) is 1. The van der Waals surface area contributed by atoms with E-state index < -0.39 is 0 Å². The number of carbonyl (C=O) groups excluding carboxylic acids is 1. The maximum Gasteiger partial charge on any atom is 0.333 e. The van der Waals surface area contributed by atoms with E-state index in [9.17, 15) is 4.79 Å². The fourth-order valence-electron chi connectivity index (χ4n) is 2.49. The molecule has 0 saturated carbocycles. The van der Waals surface area contributed by atoms with Crippen molar-refractivity contribution in [3.63, 3.8) is 0 Å². The van der Waals surface area contributed by atoms with Gasteiger partial charge in [-0.05, 0) is 26.2 Å². The maximum absolute atomic E-state index is 11.7. The number of unbranched alkanes of at least 4 members (excludes halogenated alkanes) is 11. The third-order valence-electron chi connectivity index (χ3n) is 4.06. The lowest BCUT2D eigenvalue weighted by atomic mass is 10.1. The second-order valence-corrected chi connectivity index (χ2v) is 6.35. The quantitative estimate of drug-likeness (QED) is 0.194. The summed E-state index contributed by atoms with van der Waals surface area (Å²) in [5.41, 5.74) is 0.774. The average Bonchev–Trinajstić information content (AvgIpc) is 2.53. The zero-order valence-corrected chi connectivity index (χ0v) is 15.3. The lowest BCUT2D eigenvalue weighted by Crippen LogP contribution is -2.07. The van der Waals surface area contributed by atoms with Gasteiger partial charge in [-0.15, -0.1) is 0 Å². The molecule has 0 rings (SSSR count). The van der Waals surface area contributed by atoms with Crippen LogP contribution in [-0.2, 0) is 9.53 Å². The summed E-state index contributed by atoms with van der Waals surface area (Å²) in [5, 5.41) is 0. The van der Waals surface area contributed by atoms with Gasteiger partial charge in [0.25, 0.3) is 0 Å². The van der Waals surface area contributed by atoms with Crippen molar-refractivity contribution in [3.8, 4) is 0 Å². The van der Waals surface area contributed by atoms with Gasteiger partial charge in [0.2, 0.25) is 0 Å². The highest BCUT2D eigenvalue weighted by Gasteiger charge is 2.04. The summed E-state index contributed by atoms with van der Waals surface area (Å²) >= 11 is 0. The SMILES string of the molecule is CCCCCCCCCCCC=C(C)C(=O)OCCCCC. The molecule has 0 aliphatic carbocycles. The molecule has 0 radical (unpaired) electrons. The Labute approximate surface area is 138 Å². The molecular formula is C20H38O2. The molecule has 2 nitrogen and oxygen atoms in total. The van der Waals surface area contributed by atoms with E-state index in [1.807, 2.05) is 13.0 Å². The van der Waals surface area contributed by atoms with Gasteiger partial charge < -0.3 is 4.74 Å². The first kappa shape index (κ1) is 21.2. The molecule has 0 aromatic heterocycles. The van der Waals surface area contributed by atoms with Crippen LogP contribution in [0.5, 0.6) is 0 Å². The minimum absolute atomic E-state index is 0.132. The second-order valence-electron chi connectivity index (χ2n) is 6.35. The molecule has 0 unspecified atom stereocenters. The molecule has 0 bridgehead atoms. The molecule has 0 atom stereocenters. The zero-order valence-electron chi connectivity index (χ0n) is 15.3. The van der Waals surface area contributed by atoms with Crippen LogP contribution in [0.4, 0.5) is 0 Å². The van der Waals surface area contributed by atoms with Gasteiger partial charge in [0.1, 0.15) is 0 Å². The van der Waals surface area contributed by atoms with E-state index in [1.54, 1.807) is 0 Å². The summed E-state index contributed by atoms with van der Waals surface area (Å²) in [6.45, 7) is 6.85. The van der Waals surface area contributed by atoms with E-state index in [0.717, 1.165) is 31.3 Å². The fourth-order valence-corrected chi connectivity index (χ4v) is 2.49. The van der Waals surface area contributed by atoms with Crippen molar-refractivity contribution >= 4 is 5.97 Å². The number of rotatable bonds is 15. The lowest BCUT2D eigenvalue weighted by Gasteiger charge is -2.04. The van der Waals surface area contributed by atoms with Crippen LogP contribution in [-0.4, -0.2) is 12.6 Å². The van der Waals surface area contributed by atoms with Gasteiger partial charge in [-0.2, -0.15) is 0 Å². The summed E-state index contributed by atoms with van der Waals surface area (Å²) in [7, 11) is 0. The molecule has 22 heavy (non-hydrogen) atoms. The Hall–Kier alpha value is -0.790. The molecule has 0 N–H and O–H groups in total. The van der Waals surface area contributed by atoms with Crippen LogP contribution in [0.3, 0.4) is 0 Å². The third kappa shape index (κ3) is 14.2. The molecule has 0 heterocycles. The monoisotopic (exact) mass is 310 g/mol. The van der Waals surface area contributed by atoms with E-state index in [2.05, 4.69) is 13.8 Å². The van der Waals surface area contributed by atoms with Crippen LogP contribution in [0.1, 0.15) is 104 Å². The molecule has 0 fully saturated rings. The minimum Gasteiger partial charge on any atom is -0.462 e. The Balaban J connectivity index is 3.44. The van der Waals surface area contributed by atoms with E-state index in [4.69, 9.17) is 4.74 Å². The molecule has 0 aliphatic rings. The standard InChI is InChI=1S/C20H38O2/c1-4-6-8-9-10-11-12-13-14-15-17-19(3)20(21)22-18-16-7-5-2/h17H,4-16,18H2,1-3H3. The number of hydrogen-bond donors (Lipinski definition) is 0. The molecule has 2 heteroatoms. The highest BCUT2D eigenvalue weighted by molar-refractivity contribution is 5.87. The summed E-state index contributed by atoms with van der Waals surface area (Å²) < 4.78 is 5.24. The highest BCUT2D eigenvalue weighted by atomic mass is 16.5. The van der Waals surface area contributed by atoms with Gasteiger partial charge in [0, 0.05) is 5.57 Å². The van der Waals surface area contributed by atoms with Crippen molar-refractivity contribution in [2.24, 2.45) is 0 Å². The normalized spacial score (nSPS) is 11.7. The number of hydrogen-bond acceptors (Lipinski definition) is 2. The summed E-state index contributed by atoms with van der Waals surface area (Å²) in [6, 6.07) is 0. The van der Waals surface area contributed by atoms with Crippen LogP contribution in [0.15, 0.2) is 11.6 Å². The van der Waals surface area contributed by atoms with Crippen molar-refractivity contribution < 1.29 is 9.53 Å². The molecular weight excluding hydrogens is 272 g/mol. The van der Waals surface area contributed by atoms with Crippen molar-refractivity contribution in [1.29, 1.82) is 0 Å². The summed E-state index contributed by atoms with van der Waals surface area (Å²) in [6.07, 6.45) is 18.4. The fraction of sp³-hybridized carbons (Fsp3) is 0.850. The Bertz CT molecular complexity index is 281. The molecule has 0 amide bonds. The van der Waals surface area contributed by atoms with Crippen LogP contribution in [0.25, 0.3) is 0 Å². The highest BCUT2D eigenvalue weighted by Crippen LogP contribution is 2.11. The first-order valence-electron chi connectivity index (χ1n) is 9.56. The van der Waals surface area contributed by atoms with E-state index in [1.165, 1.54) is 57.8 Å². The topological polar surface area (TPSA) is 26.3 Å². The van der Waals surface area contributed by atoms with Crippen LogP contribution in [0, 0.1) is 0 Å². The first-order chi connectivity index (χ1) is 10.7. The molecule has 130 valence electrons. The predicted molar refractivity (Wildman–Crippen MR) is 96.1 cm³/mol. The Morgan fingerprint density at radius 3 is 1.86 bits per heavy atom. The lowest BCUT2D eigenvalue weighted by molar-refractivity contribution is -0.139. The third-order valence-corrected chi connectivity index (χ3v) is 4.06. The average molecular weight is 311 g/mol. The van der Waals surface area contributed by atoms with Gasteiger partial charge in [-0.1, -0.05) is 84.1 Å². The van der Waals surface area contributed by atoms with Gasteiger partial charge in [-0.25, -0.2) is 4.79 Å². The van der Waals surface area contributed by atoms with Crippen LogP contribution >= 0.6 is 0 Å². The zero-order chi connectivity index (χ0) is 16.5. The van der Waals surface area contributed by atoms with Crippen molar-refractivity contribution in [2.45, 2.75) is 104 Å². The molecule has 0 aromatic rings. The Morgan fingerprint density at radius 1 is 0.773 bits per heavy atom. The first-order valence-corrected chi connectivity index (χ1v) is 9.56. The Kier molecular flexibility index (Phi) is 16.0. The van der Waals surface area contributed by atoms with Gasteiger partial charge in [-0.3, -0.25) is 0 Å². The number of allylic oxidation sites excluding steroid dienone is 1. The Morgan fingerprint density at radius 2 is 1.27 bits per heavy atom. The maximum atomic E-state index is 11.7. The molecule has 0 spiro atoms. The van der Waals surface area contributed by atoms with Crippen molar-refractivity contribution in [1.82, 2.24) is 0 Å². The van der Waals surface area contributed by atoms with Crippen molar-refractivity contribution in [2.75, 3.05) is 6.61 Å².